The number of hydrogen-bond acceptors (Lipinski definition) is 3. The van der Waals surface area contributed by atoms with Gasteiger partial charge in [0.15, 0.2) is 0 Å². The van der Waals surface area contributed by atoms with Gasteiger partial charge in [0.25, 0.3) is 5.91 Å². The summed E-state index contributed by atoms with van der Waals surface area (Å²) in [7, 11) is 0. The Morgan fingerprint density at radius 3 is 2.50 bits per heavy atom. The van der Waals surface area contributed by atoms with E-state index in [0.29, 0.717) is 22.7 Å². The average molecular weight is 350 g/mol. The number of benzene rings is 1. The second kappa shape index (κ2) is 7.05. The molecule has 1 aromatic heterocycles. The molecular formula is C17H20ClN3O3. The van der Waals surface area contributed by atoms with Crippen LogP contribution in [0.25, 0.3) is 5.69 Å². The molecule has 0 radical (unpaired) electrons. The first-order valence-corrected chi connectivity index (χ1v) is 7.92. The van der Waals surface area contributed by atoms with Crippen LogP contribution in [0.1, 0.15) is 36.3 Å². The number of nitrogens with one attached hydrogen (secondary N) is 1. The van der Waals surface area contributed by atoms with Crippen molar-refractivity contribution in [2.75, 3.05) is 6.54 Å². The topological polar surface area (TPSA) is 84.2 Å². The Bertz CT molecular complexity index is 751. The summed E-state index contributed by atoms with van der Waals surface area (Å²) in [6, 6.07) is 7.13. The minimum absolute atomic E-state index is 0.270. The fraction of sp³-hybridized carbons (Fsp3) is 0.353. The molecule has 0 aliphatic carbocycles. The molecule has 1 amide bonds. The van der Waals surface area contributed by atoms with Crippen molar-refractivity contribution in [1.29, 1.82) is 0 Å². The van der Waals surface area contributed by atoms with Crippen molar-refractivity contribution in [3.8, 4) is 5.69 Å². The summed E-state index contributed by atoms with van der Waals surface area (Å²) in [5.41, 5.74) is 0.974. The molecule has 1 aromatic carbocycles. The maximum atomic E-state index is 12.3. The number of aliphatic carboxylic acids is 1. The number of carbonyl (C=O) groups is 2. The van der Waals surface area contributed by atoms with Crippen LogP contribution in [0.15, 0.2) is 30.5 Å². The molecule has 1 heterocycles. The van der Waals surface area contributed by atoms with Crippen LogP contribution in [-0.2, 0) is 4.79 Å². The fourth-order valence-electron chi connectivity index (χ4n) is 2.10. The Morgan fingerprint density at radius 1 is 1.29 bits per heavy atom. The number of carboxylic acids is 1. The molecular weight excluding hydrogens is 330 g/mol. The number of rotatable bonds is 6. The first-order valence-electron chi connectivity index (χ1n) is 7.54. The van der Waals surface area contributed by atoms with Crippen molar-refractivity contribution in [3.63, 3.8) is 0 Å². The van der Waals surface area contributed by atoms with E-state index in [1.165, 1.54) is 0 Å². The molecule has 0 saturated heterocycles. The number of aromatic nitrogens is 2. The van der Waals surface area contributed by atoms with Crippen LogP contribution < -0.4 is 5.32 Å². The van der Waals surface area contributed by atoms with Gasteiger partial charge in [-0.1, -0.05) is 11.6 Å². The van der Waals surface area contributed by atoms with Crippen LogP contribution in [0.4, 0.5) is 0 Å². The molecule has 6 nitrogen and oxygen atoms in total. The van der Waals surface area contributed by atoms with Crippen LogP contribution in [-0.4, -0.2) is 33.3 Å². The van der Waals surface area contributed by atoms with Gasteiger partial charge in [0.1, 0.15) is 0 Å². The van der Waals surface area contributed by atoms with E-state index >= 15 is 0 Å². The molecule has 2 rings (SSSR count). The highest BCUT2D eigenvalue weighted by Gasteiger charge is 2.26. The third-order valence-electron chi connectivity index (χ3n) is 3.85. The lowest BCUT2D eigenvalue weighted by Crippen LogP contribution is -2.32. The maximum Gasteiger partial charge on any atom is 0.309 e. The van der Waals surface area contributed by atoms with Gasteiger partial charge in [-0.2, -0.15) is 5.10 Å². The molecule has 2 aromatic rings. The van der Waals surface area contributed by atoms with Gasteiger partial charge in [0.2, 0.25) is 0 Å². The molecule has 0 bridgehead atoms. The number of hydrogen-bond donors (Lipinski definition) is 2. The number of nitrogens with zero attached hydrogens (tertiary/aromatic N) is 2. The van der Waals surface area contributed by atoms with Crippen molar-refractivity contribution < 1.29 is 14.7 Å². The standard InChI is InChI=1S/C17H20ClN3O3/c1-11-14(15(22)19-9-8-17(2,3)16(23)24)10-21(20-11)13-6-4-12(18)5-7-13/h4-7,10H,8-9H2,1-3H3,(H,19,22)(H,23,24). The summed E-state index contributed by atoms with van der Waals surface area (Å²) in [5, 5.41) is 16.8. The monoisotopic (exact) mass is 349 g/mol. The molecule has 0 aliphatic rings. The van der Waals surface area contributed by atoms with Crippen LogP contribution in [0, 0.1) is 12.3 Å². The first kappa shape index (κ1) is 18.0. The fourth-order valence-corrected chi connectivity index (χ4v) is 2.23. The number of carboxylic acid groups (broad SMARTS) is 1. The quantitative estimate of drug-likeness (QED) is 0.839. The number of halogens is 1. The largest absolute Gasteiger partial charge is 0.481 e. The molecule has 0 aliphatic heterocycles. The van der Waals surface area contributed by atoms with Gasteiger partial charge in [-0.15, -0.1) is 0 Å². The van der Waals surface area contributed by atoms with Crippen molar-refractivity contribution >= 4 is 23.5 Å². The Balaban J connectivity index is 2.05. The smallest absolute Gasteiger partial charge is 0.309 e. The van der Waals surface area contributed by atoms with Crippen molar-refractivity contribution in [3.05, 3.63) is 46.7 Å². The molecule has 0 fully saturated rings. The lowest BCUT2D eigenvalue weighted by molar-refractivity contribution is -0.147. The number of aryl methyl sites for hydroxylation is 1. The van der Waals surface area contributed by atoms with Gasteiger partial charge in [-0.05, 0) is 51.5 Å². The molecule has 2 N–H and O–H groups in total. The molecule has 0 saturated carbocycles. The van der Waals surface area contributed by atoms with Crippen molar-refractivity contribution in [2.45, 2.75) is 27.2 Å². The van der Waals surface area contributed by atoms with Crippen LogP contribution in [0.5, 0.6) is 0 Å². The maximum absolute atomic E-state index is 12.3. The number of carbonyl (C=O) groups excluding carboxylic acids is 1. The van der Waals surface area contributed by atoms with E-state index in [4.69, 9.17) is 16.7 Å². The predicted molar refractivity (Wildman–Crippen MR) is 91.7 cm³/mol. The van der Waals surface area contributed by atoms with Gasteiger partial charge >= 0.3 is 5.97 Å². The summed E-state index contributed by atoms with van der Waals surface area (Å²) < 4.78 is 1.61. The predicted octanol–water partition coefficient (Wildman–Crippen LogP) is 3.06. The summed E-state index contributed by atoms with van der Waals surface area (Å²) in [6.07, 6.45) is 1.99. The summed E-state index contributed by atoms with van der Waals surface area (Å²) in [6.45, 7) is 5.29. The lowest BCUT2D eigenvalue weighted by atomic mass is 9.90. The van der Waals surface area contributed by atoms with Gasteiger partial charge < -0.3 is 10.4 Å². The van der Waals surface area contributed by atoms with Crippen molar-refractivity contribution in [1.82, 2.24) is 15.1 Å². The molecule has 24 heavy (non-hydrogen) atoms. The summed E-state index contributed by atoms with van der Waals surface area (Å²) in [5.74, 6) is -1.16. The molecule has 7 heteroatoms. The van der Waals surface area contributed by atoms with E-state index in [1.807, 2.05) is 12.1 Å². The number of amides is 1. The zero-order chi connectivity index (χ0) is 17.9. The Hall–Kier alpha value is -2.34. The summed E-state index contributed by atoms with van der Waals surface area (Å²) >= 11 is 5.87. The second-order valence-electron chi connectivity index (χ2n) is 6.24. The highest BCUT2D eigenvalue weighted by molar-refractivity contribution is 6.30. The third kappa shape index (κ3) is 4.14. The van der Waals surface area contributed by atoms with Crippen LogP contribution in [0.2, 0.25) is 5.02 Å². The van der Waals surface area contributed by atoms with E-state index in [0.717, 1.165) is 5.69 Å². The molecule has 0 spiro atoms. The normalized spacial score (nSPS) is 11.3. The Morgan fingerprint density at radius 2 is 1.92 bits per heavy atom. The highest BCUT2D eigenvalue weighted by Crippen LogP contribution is 2.20. The Kier molecular flexibility index (Phi) is 5.29. The highest BCUT2D eigenvalue weighted by atomic mass is 35.5. The zero-order valence-electron chi connectivity index (χ0n) is 13.8. The molecule has 0 atom stereocenters. The average Bonchev–Trinajstić information content (AvgIpc) is 2.89. The lowest BCUT2D eigenvalue weighted by Gasteiger charge is -2.18. The molecule has 0 unspecified atom stereocenters. The zero-order valence-corrected chi connectivity index (χ0v) is 14.6. The first-order chi connectivity index (χ1) is 11.2. The van der Waals surface area contributed by atoms with Crippen LogP contribution >= 0.6 is 11.6 Å². The van der Waals surface area contributed by atoms with E-state index in [2.05, 4.69) is 10.4 Å². The minimum Gasteiger partial charge on any atom is -0.481 e. The minimum atomic E-state index is -0.886. The SMILES string of the molecule is Cc1nn(-c2ccc(Cl)cc2)cc1C(=O)NCCC(C)(C)C(=O)O. The van der Waals surface area contributed by atoms with E-state index in [-0.39, 0.29) is 12.5 Å². The van der Waals surface area contributed by atoms with E-state index in [1.54, 1.807) is 43.8 Å². The Labute approximate surface area is 145 Å². The van der Waals surface area contributed by atoms with Gasteiger partial charge in [0.05, 0.1) is 22.4 Å². The van der Waals surface area contributed by atoms with E-state index < -0.39 is 11.4 Å². The van der Waals surface area contributed by atoms with Crippen molar-refractivity contribution in [2.24, 2.45) is 5.41 Å². The van der Waals surface area contributed by atoms with Gasteiger partial charge in [-0.25, -0.2) is 4.68 Å². The van der Waals surface area contributed by atoms with Gasteiger partial charge in [-0.3, -0.25) is 9.59 Å². The summed E-state index contributed by atoms with van der Waals surface area (Å²) in [4.78, 5) is 23.4. The van der Waals surface area contributed by atoms with E-state index in [9.17, 15) is 9.59 Å². The molecule has 128 valence electrons. The third-order valence-corrected chi connectivity index (χ3v) is 4.10. The van der Waals surface area contributed by atoms with Gasteiger partial charge in [0, 0.05) is 17.8 Å². The van der Waals surface area contributed by atoms with Crippen LogP contribution in [0.3, 0.4) is 0 Å². The second-order valence-corrected chi connectivity index (χ2v) is 6.68.